The Hall–Kier alpha value is -3.80. The van der Waals surface area contributed by atoms with Crippen LogP contribution in [0.3, 0.4) is 0 Å². The van der Waals surface area contributed by atoms with E-state index in [1.807, 2.05) is 0 Å². The zero-order valence-electron chi connectivity index (χ0n) is 24.1. The van der Waals surface area contributed by atoms with Crippen LogP contribution in [0.5, 0.6) is 0 Å². The average molecular weight is 571 g/mol. The minimum Gasteiger partial charge on any atom is -0.444 e. The first-order chi connectivity index (χ1) is 19.3. The number of piperidine rings is 2. The van der Waals surface area contributed by atoms with Crippen molar-refractivity contribution in [2.45, 2.75) is 70.6 Å². The molecule has 2 aliphatic heterocycles. The Balaban J connectivity index is 1.37. The Morgan fingerprint density at radius 1 is 1.12 bits per heavy atom. The number of anilines is 1. The van der Waals surface area contributed by atoms with Crippen LogP contribution in [0.2, 0.25) is 0 Å². The highest BCUT2D eigenvalue weighted by molar-refractivity contribution is 5.95. The Morgan fingerprint density at radius 3 is 2.44 bits per heavy atom. The molecular weight excluding hydrogens is 531 g/mol. The Kier molecular flexibility index (Phi) is 9.11. The number of nitrogens with one attached hydrogen (secondary N) is 2. The van der Waals surface area contributed by atoms with E-state index in [4.69, 9.17) is 4.74 Å². The van der Waals surface area contributed by atoms with E-state index >= 15 is 0 Å². The Morgan fingerprint density at radius 2 is 1.80 bits per heavy atom. The molecule has 3 amide bonds. The van der Waals surface area contributed by atoms with Crippen molar-refractivity contribution in [2.75, 3.05) is 38.0 Å². The molecular formula is C29H39FN6O5. The van der Waals surface area contributed by atoms with Crippen LogP contribution >= 0.6 is 0 Å². The molecule has 11 nitrogen and oxygen atoms in total. The molecule has 3 N–H and O–H groups in total. The van der Waals surface area contributed by atoms with Gasteiger partial charge in [-0.1, -0.05) is 12.1 Å². The van der Waals surface area contributed by atoms with Crippen LogP contribution in [0, 0.1) is 5.82 Å². The van der Waals surface area contributed by atoms with E-state index in [0.717, 1.165) is 19.0 Å². The smallest absolute Gasteiger partial charge is 0.407 e. The number of benzene rings is 1. The van der Waals surface area contributed by atoms with Gasteiger partial charge >= 0.3 is 6.09 Å². The molecule has 0 unspecified atom stereocenters. The van der Waals surface area contributed by atoms with E-state index in [2.05, 4.69) is 20.6 Å². The summed E-state index contributed by atoms with van der Waals surface area (Å²) >= 11 is 0. The molecule has 2 saturated heterocycles. The lowest BCUT2D eigenvalue weighted by Gasteiger charge is -2.38. The summed E-state index contributed by atoms with van der Waals surface area (Å²) in [6.07, 6.45) is 2.56. The lowest BCUT2D eigenvalue weighted by molar-refractivity contribution is -0.129. The lowest BCUT2D eigenvalue weighted by atomic mass is 9.91. The number of aliphatic hydroxyl groups is 1. The van der Waals surface area contributed by atoms with Gasteiger partial charge in [0.05, 0.1) is 11.8 Å². The molecule has 0 saturated carbocycles. The summed E-state index contributed by atoms with van der Waals surface area (Å²) in [5, 5.41) is 16.8. The number of rotatable bonds is 6. The minimum atomic E-state index is -1.15. The van der Waals surface area contributed by atoms with E-state index in [0.29, 0.717) is 37.3 Å². The van der Waals surface area contributed by atoms with Crippen molar-refractivity contribution in [1.82, 2.24) is 25.1 Å². The van der Waals surface area contributed by atoms with Crippen LogP contribution in [0.4, 0.5) is 15.1 Å². The molecule has 2 fully saturated rings. The standard InChI is InChI=1S/C29H39FN6O5/c1-19(37)35-12-8-22(9-13-35)33-26-31-17-23(30)24(34-26)20-6-5-7-21(16-20)25(38)36-14-10-29(40,11-15-36)18-32-27(39)41-28(2,3)4/h5-7,16-17,22,40H,8-15,18H2,1-4H3,(H,32,39)(H,31,33,34). The topological polar surface area (TPSA) is 137 Å². The maximum Gasteiger partial charge on any atom is 0.407 e. The van der Waals surface area contributed by atoms with Crippen molar-refractivity contribution >= 4 is 23.9 Å². The van der Waals surface area contributed by atoms with Gasteiger partial charge < -0.3 is 30.3 Å². The van der Waals surface area contributed by atoms with Gasteiger partial charge in [0.2, 0.25) is 11.9 Å². The van der Waals surface area contributed by atoms with Crippen molar-refractivity contribution in [3.05, 3.63) is 41.8 Å². The van der Waals surface area contributed by atoms with Crippen molar-refractivity contribution in [1.29, 1.82) is 0 Å². The monoisotopic (exact) mass is 570 g/mol. The third kappa shape index (κ3) is 8.12. The molecule has 0 aliphatic carbocycles. The molecule has 222 valence electrons. The van der Waals surface area contributed by atoms with E-state index in [1.54, 1.807) is 61.8 Å². The number of likely N-dealkylation sites (tertiary alicyclic amines) is 2. The SMILES string of the molecule is CC(=O)N1CCC(Nc2ncc(F)c(-c3cccc(C(=O)N4CCC(O)(CNC(=O)OC(C)(C)C)CC4)c3)n2)CC1. The second-order valence-corrected chi connectivity index (χ2v) is 11.8. The summed E-state index contributed by atoms with van der Waals surface area (Å²) in [4.78, 5) is 48.8. The van der Waals surface area contributed by atoms with Crippen molar-refractivity contribution in [3.8, 4) is 11.3 Å². The second-order valence-electron chi connectivity index (χ2n) is 11.8. The highest BCUT2D eigenvalue weighted by Gasteiger charge is 2.35. The van der Waals surface area contributed by atoms with Gasteiger partial charge in [0.25, 0.3) is 5.91 Å². The highest BCUT2D eigenvalue weighted by atomic mass is 19.1. The summed E-state index contributed by atoms with van der Waals surface area (Å²) in [5.41, 5.74) is -0.881. The minimum absolute atomic E-state index is 0.0264. The molecule has 3 heterocycles. The summed E-state index contributed by atoms with van der Waals surface area (Å²) in [6, 6.07) is 6.70. The molecule has 2 aromatic rings. The van der Waals surface area contributed by atoms with Gasteiger partial charge in [0, 0.05) is 56.8 Å². The van der Waals surface area contributed by atoms with Crippen LogP contribution in [0.1, 0.15) is 63.7 Å². The molecule has 1 aromatic carbocycles. The number of hydrogen-bond donors (Lipinski definition) is 3. The van der Waals surface area contributed by atoms with Crippen LogP contribution < -0.4 is 10.6 Å². The van der Waals surface area contributed by atoms with Gasteiger partial charge in [-0.05, 0) is 58.6 Å². The lowest BCUT2D eigenvalue weighted by Crippen LogP contribution is -2.52. The second kappa shape index (κ2) is 12.4. The number of nitrogens with zero attached hydrogens (tertiary/aromatic N) is 4. The first kappa shape index (κ1) is 30.2. The molecule has 0 bridgehead atoms. The van der Waals surface area contributed by atoms with Gasteiger partial charge in [-0.15, -0.1) is 0 Å². The number of hydrogen-bond acceptors (Lipinski definition) is 8. The largest absolute Gasteiger partial charge is 0.444 e. The number of halogens is 1. The number of alkyl carbamates (subject to hydrolysis) is 1. The number of ether oxygens (including phenoxy) is 1. The molecule has 2 aliphatic rings. The van der Waals surface area contributed by atoms with Gasteiger partial charge in [0.1, 0.15) is 11.3 Å². The quantitative estimate of drug-likeness (QED) is 0.482. The number of carbonyl (C=O) groups excluding carboxylic acids is 3. The summed E-state index contributed by atoms with van der Waals surface area (Å²) in [7, 11) is 0. The zero-order chi connectivity index (χ0) is 29.8. The summed E-state index contributed by atoms with van der Waals surface area (Å²) in [5.74, 6) is -0.505. The van der Waals surface area contributed by atoms with Crippen molar-refractivity contribution in [2.24, 2.45) is 0 Å². The summed E-state index contributed by atoms with van der Waals surface area (Å²) in [6.45, 7) is 8.74. The van der Waals surface area contributed by atoms with E-state index in [9.17, 15) is 23.9 Å². The third-order valence-electron chi connectivity index (χ3n) is 7.34. The summed E-state index contributed by atoms with van der Waals surface area (Å²) < 4.78 is 20.0. The van der Waals surface area contributed by atoms with Crippen molar-refractivity contribution < 1.29 is 28.6 Å². The third-order valence-corrected chi connectivity index (χ3v) is 7.34. The van der Waals surface area contributed by atoms with Crippen LogP contribution in [0.15, 0.2) is 30.5 Å². The van der Waals surface area contributed by atoms with Gasteiger partial charge in [-0.3, -0.25) is 9.59 Å². The molecule has 4 rings (SSSR count). The van der Waals surface area contributed by atoms with Crippen molar-refractivity contribution in [3.63, 3.8) is 0 Å². The van der Waals surface area contributed by atoms with Crippen LogP contribution in [-0.4, -0.2) is 92.7 Å². The fourth-order valence-corrected chi connectivity index (χ4v) is 5.00. The van der Waals surface area contributed by atoms with Gasteiger partial charge in [-0.2, -0.15) is 0 Å². The molecule has 12 heteroatoms. The normalized spacial score (nSPS) is 17.6. The van der Waals surface area contributed by atoms with Crippen LogP contribution in [-0.2, 0) is 9.53 Å². The average Bonchev–Trinajstić information content (AvgIpc) is 2.92. The molecule has 1 aromatic heterocycles. The highest BCUT2D eigenvalue weighted by Crippen LogP contribution is 2.26. The Bertz CT molecular complexity index is 1270. The molecule has 0 atom stereocenters. The fraction of sp³-hybridized carbons (Fsp3) is 0.552. The van der Waals surface area contributed by atoms with E-state index < -0.39 is 23.1 Å². The number of aromatic nitrogens is 2. The fourth-order valence-electron chi connectivity index (χ4n) is 5.00. The maximum atomic E-state index is 14.8. The van der Waals surface area contributed by atoms with E-state index in [-0.39, 0.29) is 48.9 Å². The zero-order valence-corrected chi connectivity index (χ0v) is 24.1. The molecule has 41 heavy (non-hydrogen) atoms. The van der Waals surface area contributed by atoms with E-state index in [1.165, 1.54) is 0 Å². The maximum absolute atomic E-state index is 14.8. The van der Waals surface area contributed by atoms with Crippen LogP contribution in [0.25, 0.3) is 11.3 Å². The Labute approximate surface area is 239 Å². The van der Waals surface area contributed by atoms with Gasteiger partial charge in [-0.25, -0.2) is 19.2 Å². The predicted octanol–water partition coefficient (Wildman–Crippen LogP) is 3.20. The number of carbonyl (C=O) groups is 3. The van der Waals surface area contributed by atoms with Gasteiger partial charge in [0.15, 0.2) is 5.82 Å². The number of amides is 3. The molecule has 0 spiro atoms. The predicted molar refractivity (Wildman–Crippen MR) is 151 cm³/mol. The first-order valence-electron chi connectivity index (χ1n) is 14.0. The molecule has 0 radical (unpaired) electrons. The first-order valence-corrected chi connectivity index (χ1v) is 14.0.